The van der Waals surface area contributed by atoms with Crippen LogP contribution in [0.3, 0.4) is 0 Å². The molecule has 0 aromatic heterocycles. The van der Waals surface area contributed by atoms with Gasteiger partial charge in [0, 0.05) is 26.2 Å². The normalized spacial score (nSPS) is 21.2. The number of imide groups is 1. The molecule has 2 aromatic rings. The van der Waals surface area contributed by atoms with Crippen LogP contribution in [-0.4, -0.2) is 48.9 Å². The molecule has 1 unspecified atom stereocenters. The Kier molecular flexibility index (Phi) is 4.66. The zero-order valence-electron chi connectivity index (χ0n) is 15.3. The highest BCUT2D eigenvalue weighted by molar-refractivity contribution is 6.22. The molecule has 0 N–H and O–H groups in total. The highest BCUT2D eigenvalue weighted by Crippen LogP contribution is 2.27. The molecule has 2 fully saturated rings. The maximum absolute atomic E-state index is 14.0. The molecule has 140 valence electrons. The van der Waals surface area contributed by atoms with Crippen LogP contribution in [0.25, 0.3) is 0 Å². The Morgan fingerprint density at radius 3 is 2.26 bits per heavy atom. The van der Waals surface area contributed by atoms with Crippen molar-refractivity contribution in [1.82, 2.24) is 4.90 Å². The van der Waals surface area contributed by atoms with Gasteiger partial charge in [-0.25, -0.2) is 9.29 Å². The van der Waals surface area contributed by atoms with Crippen LogP contribution in [0.15, 0.2) is 48.5 Å². The average Bonchev–Trinajstić information content (AvgIpc) is 2.97. The minimum absolute atomic E-state index is 0.162. The van der Waals surface area contributed by atoms with Crippen molar-refractivity contribution < 1.29 is 14.0 Å². The summed E-state index contributed by atoms with van der Waals surface area (Å²) >= 11 is 0. The molecule has 0 aliphatic carbocycles. The molecule has 0 bridgehead atoms. The van der Waals surface area contributed by atoms with Crippen molar-refractivity contribution >= 4 is 23.2 Å². The summed E-state index contributed by atoms with van der Waals surface area (Å²) in [6.07, 6.45) is 0.201. The van der Waals surface area contributed by atoms with E-state index in [-0.39, 0.29) is 24.1 Å². The molecular formula is C21H22FN3O2. The van der Waals surface area contributed by atoms with Gasteiger partial charge in [-0.15, -0.1) is 0 Å². The lowest BCUT2D eigenvalue weighted by atomic mass is 10.1. The van der Waals surface area contributed by atoms with E-state index in [4.69, 9.17) is 0 Å². The number of nitrogens with zero attached hydrogens (tertiary/aromatic N) is 3. The first-order valence-corrected chi connectivity index (χ1v) is 9.21. The topological polar surface area (TPSA) is 43.9 Å². The third kappa shape index (κ3) is 3.32. The Labute approximate surface area is 158 Å². The molecule has 2 heterocycles. The second kappa shape index (κ2) is 7.12. The van der Waals surface area contributed by atoms with E-state index in [2.05, 4.69) is 0 Å². The molecule has 6 heteroatoms. The van der Waals surface area contributed by atoms with Crippen molar-refractivity contribution in [2.75, 3.05) is 36.0 Å². The smallest absolute Gasteiger partial charge is 0.251 e. The predicted octanol–water partition coefficient (Wildman–Crippen LogP) is 2.59. The van der Waals surface area contributed by atoms with E-state index in [0.717, 1.165) is 5.56 Å². The van der Waals surface area contributed by atoms with Crippen molar-refractivity contribution in [3.05, 3.63) is 59.9 Å². The Bertz CT molecular complexity index is 860. The number of amides is 2. The van der Waals surface area contributed by atoms with Crippen LogP contribution in [0.1, 0.15) is 12.0 Å². The van der Waals surface area contributed by atoms with Gasteiger partial charge in [0.25, 0.3) is 5.91 Å². The zero-order valence-corrected chi connectivity index (χ0v) is 15.3. The van der Waals surface area contributed by atoms with E-state index >= 15 is 0 Å². The third-order valence-electron chi connectivity index (χ3n) is 5.36. The minimum Gasteiger partial charge on any atom is -0.367 e. The number of aryl methyl sites for hydroxylation is 1. The molecule has 5 nitrogen and oxygen atoms in total. The number of piperazine rings is 1. The Morgan fingerprint density at radius 2 is 1.59 bits per heavy atom. The van der Waals surface area contributed by atoms with Gasteiger partial charge < -0.3 is 4.90 Å². The molecule has 2 aliphatic rings. The number of hydrogen-bond acceptors (Lipinski definition) is 4. The standard InChI is InChI=1S/C21H22FN3O2/c1-15-6-8-16(9-7-15)25-20(26)14-19(21(25)27)24-12-10-23(11-13-24)18-5-3-2-4-17(18)22/h2-9,19H,10-14H2,1H3. The molecule has 4 rings (SSSR count). The molecule has 2 aliphatic heterocycles. The van der Waals surface area contributed by atoms with E-state index in [9.17, 15) is 14.0 Å². The molecule has 0 spiro atoms. The van der Waals surface area contributed by atoms with Gasteiger partial charge in [0.05, 0.1) is 23.8 Å². The van der Waals surface area contributed by atoms with E-state index in [1.807, 2.05) is 47.1 Å². The number of carbonyl (C=O) groups excluding carboxylic acids is 2. The summed E-state index contributed by atoms with van der Waals surface area (Å²) in [5.41, 5.74) is 2.30. The molecule has 27 heavy (non-hydrogen) atoms. The Morgan fingerprint density at radius 1 is 0.926 bits per heavy atom. The maximum atomic E-state index is 14.0. The van der Waals surface area contributed by atoms with Crippen molar-refractivity contribution in [2.24, 2.45) is 0 Å². The van der Waals surface area contributed by atoms with Gasteiger partial charge in [-0.2, -0.15) is 0 Å². The first-order valence-electron chi connectivity index (χ1n) is 9.21. The number of anilines is 2. The quantitative estimate of drug-likeness (QED) is 0.783. The second-order valence-corrected chi connectivity index (χ2v) is 7.10. The number of para-hydroxylation sites is 1. The van der Waals surface area contributed by atoms with Crippen LogP contribution in [-0.2, 0) is 9.59 Å². The summed E-state index contributed by atoms with van der Waals surface area (Å²) in [6.45, 7) is 4.47. The van der Waals surface area contributed by atoms with E-state index < -0.39 is 6.04 Å². The monoisotopic (exact) mass is 367 g/mol. The summed E-state index contributed by atoms with van der Waals surface area (Å²) in [7, 11) is 0. The first-order chi connectivity index (χ1) is 13.0. The minimum atomic E-state index is -0.429. The highest BCUT2D eigenvalue weighted by Gasteiger charge is 2.43. The molecule has 2 saturated heterocycles. The van der Waals surface area contributed by atoms with Crippen molar-refractivity contribution in [2.45, 2.75) is 19.4 Å². The average molecular weight is 367 g/mol. The molecular weight excluding hydrogens is 345 g/mol. The number of benzene rings is 2. The van der Waals surface area contributed by atoms with Crippen LogP contribution in [0.2, 0.25) is 0 Å². The van der Waals surface area contributed by atoms with Crippen LogP contribution in [0.4, 0.5) is 15.8 Å². The second-order valence-electron chi connectivity index (χ2n) is 7.10. The molecule has 2 amide bonds. The van der Waals surface area contributed by atoms with Crippen LogP contribution < -0.4 is 9.80 Å². The lowest BCUT2D eigenvalue weighted by Crippen LogP contribution is -2.52. The van der Waals surface area contributed by atoms with Gasteiger partial charge in [0.15, 0.2) is 0 Å². The largest absolute Gasteiger partial charge is 0.367 e. The van der Waals surface area contributed by atoms with Crippen LogP contribution in [0.5, 0.6) is 0 Å². The van der Waals surface area contributed by atoms with Crippen molar-refractivity contribution in [3.63, 3.8) is 0 Å². The summed E-state index contributed by atoms with van der Waals surface area (Å²) < 4.78 is 14.0. The van der Waals surface area contributed by atoms with E-state index in [0.29, 0.717) is 37.6 Å². The predicted molar refractivity (Wildman–Crippen MR) is 102 cm³/mol. The fourth-order valence-electron chi connectivity index (χ4n) is 3.85. The van der Waals surface area contributed by atoms with Gasteiger partial charge in [-0.3, -0.25) is 14.5 Å². The first kappa shape index (κ1) is 17.7. The summed E-state index contributed by atoms with van der Waals surface area (Å²) in [5.74, 6) is -0.558. The molecule has 0 radical (unpaired) electrons. The highest BCUT2D eigenvalue weighted by atomic mass is 19.1. The SMILES string of the molecule is Cc1ccc(N2C(=O)CC(N3CCN(c4ccccc4F)CC3)C2=O)cc1. The summed E-state index contributed by atoms with van der Waals surface area (Å²) in [4.78, 5) is 30.7. The zero-order chi connectivity index (χ0) is 19.0. The van der Waals surface area contributed by atoms with Gasteiger partial charge in [-0.1, -0.05) is 29.8 Å². The maximum Gasteiger partial charge on any atom is 0.251 e. The van der Waals surface area contributed by atoms with E-state index in [1.165, 1.54) is 11.0 Å². The lowest BCUT2D eigenvalue weighted by Gasteiger charge is -2.38. The lowest BCUT2D eigenvalue weighted by molar-refractivity contribution is -0.123. The molecule has 2 aromatic carbocycles. The van der Waals surface area contributed by atoms with Crippen molar-refractivity contribution in [3.8, 4) is 0 Å². The number of carbonyl (C=O) groups is 2. The molecule has 0 saturated carbocycles. The fraction of sp³-hybridized carbons (Fsp3) is 0.333. The number of rotatable bonds is 3. The van der Waals surface area contributed by atoms with Crippen LogP contribution >= 0.6 is 0 Å². The Balaban J connectivity index is 1.44. The van der Waals surface area contributed by atoms with Gasteiger partial charge in [0.1, 0.15) is 5.82 Å². The Hall–Kier alpha value is -2.73. The summed E-state index contributed by atoms with van der Waals surface area (Å²) in [6, 6.07) is 13.7. The van der Waals surface area contributed by atoms with Gasteiger partial charge in [0.2, 0.25) is 5.91 Å². The van der Waals surface area contributed by atoms with Crippen molar-refractivity contribution in [1.29, 1.82) is 0 Å². The van der Waals surface area contributed by atoms with Gasteiger partial charge in [-0.05, 0) is 31.2 Å². The van der Waals surface area contributed by atoms with Gasteiger partial charge >= 0.3 is 0 Å². The number of hydrogen-bond donors (Lipinski definition) is 0. The third-order valence-corrected chi connectivity index (χ3v) is 5.36. The van der Waals surface area contributed by atoms with E-state index in [1.54, 1.807) is 12.1 Å². The fourth-order valence-corrected chi connectivity index (χ4v) is 3.85. The summed E-state index contributed by atoms with van der Waals surface area (Å²) in [5, 5.41) is 0. The number of halogens is 1. The van der Waals surface area contributed by atoms with Crippen LogP contribution in [0, 0.1) is 12.7 Å². The molecule has 1 atom stereocenters.